The van der Waals surface area contributed by atoms with Crippen molar-refractivity contribution in [1.82, 2.24) is 4.90 Å². The van der Waals surface area contributed by atoms with E-state index in [1.165, 1.54) is 12.1 Å². The highest BCUT2D eigenvalue weighted by molar-refractivity contribution is 5.96. The van der Waals surface area contributed by atoms with Crippen LogP contribution in [0.4, 0.5) is 11.4 Å². The lowest BCUT2D eigenvalue weighted by atomic mass is 10.1. The summed E-state index contributed by atoms with van der Waals surface area (Å²) in [6.45, 7) is 6.43. The Morgan fingerprint density at radius 3 is 2.60 bits per heavy atom. The molecule has 0 unspecified atom stereocenters. The van der Waals surface area contributed by atoms with Crippen LogP contribution in [0.2, 0.25) is 0 Å². The third kappa shape index (κ3) is 3.69. The highest BCUT2D eigenvalue weighted by Crippen LogP contribution is 2.26. The van der Waals surface area contributed by atoms with Gasteiger partial charge in [0.15, 0.2) is 0 Å². The second-order valence-electron chi connectivity index (χ2n) is 4.93. The molecule has 0 fully saturated rings. The first-order valence-electron chi connectivity index (χ1n) is 6.68. The number of hydrogen-bond donors (Lipinski definition) is 1. The molecule has 110 valence electrons. The van der Waals surface area contributed by atoms with Crippen molar-refractivity contribution in [2.24, 2.45) is 0 Å². The Morgan fingerprint density at radius 1 is 1.45 bits per heavy atom. The van der Waals surface area contributed by atoms with Crippen LogP contribution in [-0.2, 0) is 0 Å². The fourth-order valence-corrected chi connectivity index (χ4v) is 1.67. The van der Waals surface area contributed by atoms with Crippen LogP contribution in [0, 0.1) is 10.1 Å². The second kappa shape index (κ2) is 6.88. The Labute approximate surface area is 118 Å². The maximum atomic E-state index is 12.2. The average molecular weight is 279 g/mol. The van der Waals surface area contributed by atoms with E-state index in [0.29, 0.717) is 17.8 Å². The molecule has 0 atom stereocenters. The number of nitrogens with zero attached hydrogens (tertiary/aromatic N) is 2. The van der Waals surface area contributed by atoms with Gasteiger partial charge < -0.3 is 10.2 Å². The van der Waals surface area contributed by atoms with Crippen LogP contribution < -0.4 is 5.32 Å². The minimum absolute atomic E-state index is 0.0119. The molecule has 0 bridgehead atoms. The largest absolute Gasteiger partial charge is 0.379 e. The SMILES string of the molecule is CCCNc1cc(C(=O)N(C)C(C)C)ccc1[N+](=O)[O-]. The van der Waals surface area contributed by atoms with Gasteiger partial charge in [-0.1, -0.05) is 6.92 Å². The highest BCUT2D eigenvalue weighted by Gasteiger charge is 2.19. The number of carbonyl (C=O) groups is 1. The molecule has 0 aromatic heterocycles. The quantitative estimate of drug-likeness (QED) is 0.641. The first-order valence-corrected chi connectivity index (χ1v) is 6.68. The van der Waals surface area contributed by atoms with Gasteiger partial charge in [-0.05, 0) is 32.4 Å². The van der Waals surface area contributed by atoms with Crippen molar-refractivity contribution in [3.63, 3.8) is 0 Å². The minimum atomic E-state index is -0.446. The summed E-state index contributed by atoms with van der Waals surface area (Å²) in [5.41, 5.74) is 0.826. The van der Waals surface area contributed by atoms with Crippen molar-refractivity contribution in [3.05, 3.63) is 33.9 Å². The van der Waals surface area contributed by atoms with Crippen molar-refractivity contribution < 1.29 is 9.72 Å². The fraction of sp³-hybridized carbons (Fsp3) is 0.500. The van der Waals surface area contributed by atoms with Gasteiger partial charge in [0, 0.05) is 31.3 Å². The second-order valence-corrected chi connectivity index (χ2v) is 4.93. The molecule has 0 saturated carbocycles. The third-order valence-corrected chi connectivity index (χ3v) is 3.10. The lowest BCUT2D eigenvalue weighted by Crippen LogP contribution is -2.33. The Bertz CT molecular complexity index is 500. The molecule has 0 aliphatic rings. The van der Waals surface area contributed by atoms with Gasteiger partial charge in [0.25, 0.3) is 11.6 Å². The fourth-order valence-electron chi connectivity index (χ4n) is 1.67. The first kappa shape index (κ1) is 15.9. The molecule has 1 N–H and O–H groups in total. The molecule has 1 rings (SSSR count). The molecule has 6 heteroatoms. The topological polar surface area (TPSA) is 75.5 Å². The monoisotopic (exact) mass is 279 g/mol. The summed E-state index contributed by atoms with van der Waals surface area (Å²) in [4.78, 5) is 24.4. The van der Waals surface area contributed by atoms with Crippen LogP contribution in [0.3, 0.4) is 0 Å². The Kier molecular flexibility index (Phi) is 5.49. The van der Waals surface area contributed by atoms with E-state index in [4.69, 9.17) is 0 Å². The molecule has 6 nitrogen and oxygen atoms in total. The number of nitro benzene ring substituents is 1. The molecule has 0 heterocycles. The smallest absolute Gasteiger partial charge is 0.292 e. The molecule has 0 saturated heterocycles. The average Bonchev–Trinajstić information content (AvgIpc) is 2.42. The van der Waals surface area contributed by atoms with Gasteiger partial charge in [0.1, 0.15) is 5.69 Å². The molecule has 20 heavy (non-hydrogen) atoms. The normalized spacial score (nSPS) is 10.4. The van der Waals surface area contributed by atoms with E-state index in [1.807, 2.05) is 20.8 Å². The van der Waals surface area contributed by atoms with E-state index in [-0.39, 0.29) is 17.6 Å². The molecule has 0 aliphatic heterocycles. The zero-order valence-electron chi connectivity index (χ0n) is 12.3. The molecular weight excluding hydrogens is 258 g/mol. The standard InChI is InChI=1S/C14H21N3O3/c1-5-8-15-12-9-11(6-7-13(12)17(19)20)14(18)16(4)10(2)3/h6-7,9-10,15H,5,8H2,1-4H3. The summed E-state index contributed by atoms with van der Waals surface area (Å²) in [6.07, 6.45) is 0.848. The van der Waals surface area contributed by atoms with Crippen LogP contribution in [0.5, 0.6) is 0 Å². The van der Waals surface area contributed by atoms with Gasteiger partial charge in [0.05, 0.1) is 4.92 Å². The van der Waals surface area contributed by atoms with Crippen LogP contribution in [0.15, 0.2) is 18.2 Å². The molecule has 0 spiro atoms. The maximum Gasteiger partial charge on any atom is 0.292 e. The lowest BCUT2D eigenvalue weighted by molar-refractivity contribution is -0.384. The molecule has 0 radical (unpaired) electrons. The summed E-state index contributed by atoms with van der Waals surface area (Å²) in [5, 5.41) is 14.0. The van der Waals surface area contributed by atoms with E-state index in [0.717, 1.165) is 6.42 Å². The maximum absolute atomic E-state index is 12.2. The zero-order chi connectivity index (χ0) is 15.3. The number of hydrogen-bond acceptors (Lipinski definition) is 4. The van der Waals surface area contributed by atoms with Crippen molar-refractivity contribution in [3.8, 4) is 0 Å². The number of benzene rings is 1. The van der Waals surface area contributed by atoms with E-state index in [1.54, 1.807) is 18.0 Å². The summed E-state index contributed by atoms with van der Waals surface area (Å²) in [6, 6.07) is 4.50. The molecule has 1 amide bonds. The lowest BCUT2D eigenvalue weighted by Gasteiger charge is -2.21. The van der Waals surface area contributed by atoms with Gasteiger partial charge in [-0.25, -0.2) is 0 Å². The predicted octanol–water partition coefficient (Wildman–Crippen LogP) is 2.90. The molecule has 1 aromatic rings. The molecular formula is C14H21N3O3. The predicted molar refractivity (Wildman–Crippen MR) is 79.1 cm³/mol. The van der Waals surface area contributed by atoms with Crippen molar-refractivity contribution in [1.29, 1.82) is 0 Å². The van der Waals surface area contributed by atoms with Gasteiger partial charge >= 0.3 is 0 Å². The van der Waals surface area contributed by atoms with Gasteiger partial charge in [0.2, 0.25) is 0 Å². The van der Waals surface area contributed by atoms with Crippen LogP contribution in [0.1, 0.15) is 37.6 Å². The van der Waals surface area contributed by atoms with Crippen molar-refractivity contribution >= 4 is 17.3 Å². The number of nitrogens with one attached hydrogen (secondary N) is 1. The number of nitro groups is 1. The summed E-state index contributed by atoms with van der Waals surface area (Å²) in [7, 11) is 1.72. The summed E-state index contributed by atoms with van der Waals surface area (Å²) in [5.74, 6) is -0.144. The zero-order valence-corrected chi connectivity index (χ0v) is 12.3. The number of anilines is 1. The van der Waals surface area contributed by atoms with E-state index < -0.39 is 4.92 Å². The number of carbonyl (C=O) groups excluding carboxylic acids is 1. The van der Waals surface area contributed by atoms with Crippen LogP contribution >= 0.6 is 0 Å². The number of rotatable bonds is 6. The third-order valence-electron chi connectivity index (χ3n) is 3.10. The Morgan fingerprint density at radius 2 is 2.10 bits per heavy atom. The minimum Gasteiger partial charge on any atom is -0.379 e. The van der Waals surface area contributed by atoms with E-state index in [9.17, 15) is 14.9 Å². The van der Waals surface area contributed by atoms with Crippen LogP contribution in [0.25, 0.3) is 0 Å². The van der Waals surface area contributed by atoms with Gasteiger partial charge in [-0.2, -0.15) is 0 Å². The van der Waals surface area contributed by atoms with Crippen molar-refractivity contribution in [2.75, 3.05) is 18.9 Å². The van der Waals surface area contributed by atoms with Gasteiger partial charge in [-0.15, -0.1) is 0 Å². The van der Waals surface area contributed by atoms with Gasteiger partial charge in [-0.3, -0.25) is 14.9 Å². The summed E-state index contributed by atoms with van der Waals surface area (Å²) >= 11 is 0. The van der Waals surface area contributed by atoms with Crippen molar-refractivity contribution in [2.45, 2.75) is 33.2 Å². The number of amides is 1. The Balaban J connectivity index is 3.11. The highest BCUT2D eigenvalue weighted by atomic mass is 16.6. The molecule has 1 aromatic carbocycles. The first-order chi connectivity index (χ1) is 9.38. The molecule has 0 aliphatic carbocycles. The Hall–Kier alpha value is -2.11. The van der Waals surface area contributed by atoms with E-state index >= 15 is 0 Å². The van der Waals surface area contributed by atoms with E-state index in [2.05, 4.69) is 5.32 Å². The van der Waals surface area contributed by atoms with Crippen LogP contribution in [-0.4, -0.2) is 35.4 Å². The summed E-state index contributed by atoms with van der Waals surface area (Å²) < 4.78 is 0.